The minimum absolute atomic E-state index is 0.293. The molecule has 2 aromatic rings. The van der Waals surface area contributed by atoms with Gasteiger partial charge in [-0.25, -0.2) is 4.98 Å². The fraction of sp³-hybridized carbons (Fsp3) is 0.526. The monoisotopic (exact) mass is 356 g/mol. The van der Waals surface area contributed by atoms with E-state index in [0.717, 1.165) is 36.5 Å². The van der Waals surface area contributed by atoms with Gasteiger partial charge in [-0.2, -0.15) is 4.98 Å². The second-order valence-corrected chi connectivity index (χ2v) is 7.03. The molecule has 1 saturated heterocycles. The molecule has 0 amide bonds. The van der Waals surface area contributed by atoms with Crippen molar-refractivity contribution in [2.45, 2.75) is 31.8 Å². The molecule has 0 bridgehead atoms. The van der Waals surface area contributed by atoms with Gasteiger partial charge in [-0.3, -0.25) is 4.98 Å². The third-order valence-electron chi connectivity index (χ3n) is 5.09. The Hall–Kier alpha value is -2.41. The van der Waals surface area contributed by atoms with Crippen molar-refractivity contribution in [2.75, 3.05) is 31.7 Å². The van der Waals surface area contributed by atoms with Crippen LogP contribution < -0.4 is 14.4 Å². The third kappa shape index (κ3) is 3.58. The molecule has 1 unspecified atom stereocenters. The molecule has 138 valence electrons. The van der Waals surface area contributed by atoms with Crippen molar-refractivity contribution in [3.05, 3.63) is 36.0 Å². The fourth-order valence-electron chi connectivity index (χ4n) is 3.44. The van der Waals surface area contributed by atoms with Crippen molar-refractivity contribution in [1.29, 1.82) is 0 Å². The van der Waals surface area contributed by atoms with Gasteiger partial charge in [0.1, 0.15) is 17.3 Å². The maximum Gasteiger partial charge on any atom is 0.240 e. The van der Waals surface area contributed by atoms with Gasteiger partial charge < -0.3 is 19.5 Å². The molecule has 2 fully saturated rings. The van der Waals surface area contributed by atoms with Gasteiger partial charge in [0.15, 0.2) is 0 Å². The Kier molecular flexibility index (Phi) is 4.63. The number of aryl methyl sites for hydroxylation is 1. The van der Waals surface area contributed by atoms with Crippen molar-refractivity contribution in [1.82, 2.24) is 15.0 Å². The van der Waals surface area contributed by atoms with Gasteiger partial charge in [0.05, 0.1) is 32.2 Å². The first-order valence-corrected chi connectivity index (χ1v) is 9.03. The number of hydrogen-bond donors (Lipinski definition) is 1. The van der Waals surface area contributed by atoms with E-state index in [1.165, 1.54) is 0 Å². The van der Waals surface area contributed by atoms with Crippen molar-refractivity contribution in [3.63, 3.8) is 0 Å². The van der Waals surface area contributed by atoms with E-state index in [0.29, 0.717) is 36.7 Å². The van der Waals surface area contributed by atoms with Gasteiger partial charge >= 0.3 is 0 Å². The quantitative estimate of drug-likeness (QED) is 0.847. The summed E-state index contributed by atoms with van der Waals surface area (Å²) in [5.41, 5.74) is 1.95. The molecule has 7 nitrogen and oxygen atoms in total. The van der Waals surface area contributed by atoms with Gasteiger partial charge in [0, 0.05) is 30.6 Å². The molecule has 7 heteroatoms. The highest BCUT2D eigenvalue weighted by atomic mass is 16.5. The Bertz CT molecular complexity index is 768. The summed E-state index contributed by atoms with van der Waals surface area (Å²) in [6, 6.07) is 3.97. The molecule has 1 N–H and O–H groups in total. The molecule has 2 aromatic heterocycles. The number of hydrogen-bond acceptors (Lipinski definition) is 7. The highest BCUT2D eigenvalue weighted by Gasteiger charge is 2.40. The maximum atomic E-state index is 9.79. The number of aromatic nitrogens is 3. The number of ether oxygens (including phenoxy) is 2. The lowest BCUT2D eigenvalue weighted by Crippen LogP contribution is -2.23. The highest BCUT2D eigenvalue weighted by molar-refractivity contribution is 5.54. The summed E-state index contributed by atoms with van der Waals surface area (Å²) in [5.74, 6) is 2.95. The van der Waals surface area contributed by atoms with E-state index < -0.39 is 0 Å². The van der Waals surface area contributed by atoms with E-state index in [4.69, 9.17) is 9.47 Å². The zero-order chi connectivity index (χ0) is 18.1. The van der Waals surface area contributed by atoms with E-state index >= 15 is 0 Å². The second-order valence-electron chi connectivity index (χ2n) is 7.03. The molecule has 3 atom stereocenters. The van der Waals surface area contributed by atoms with Crippen molar-refractivity contribution in [2.24, 2.45) is 5.92 Å². The van der Waals surface area contributed by atoms with Crippen molar-refractivity contribution in [3.8, 4) is 11.6 Å². The van der Waals surface area contributed by atoms with Crippen molar-refractivity contribution >= 4 is 5.69 Å². The predicted octanol–water partition coefficient (Wildman–Crippen LogP) is 1.94. The molecule has 1 aliphatic heterocycles. The smallest absolute Gasteiger partial charge is 0.240 e. The lowest BCUT2D eigenvalue weighted by Gasteiger charge is -2.20. The van der Waals surface area contributed by atoms with Crippen LogP contribution in [0.1, 0.15) is 30.3 Å². The van der Waals surface area contributed by atoms with Crippen LogP contribution in [0.3, 0.4) is 0 Å². The third-order valence-corrected chi connectivity index (χ3v) is 5.09. The normalized spacial score (nSPS) is 24.6. The Balaban J connectivity index is 1.40. The van der Waals surface area contributed by atoms with Gasteiger partial charge in [-0.05, 0) is 31.9 Å². The number of aliphatic hydroxyl groups excluding tert-OH is 1. The van der Waals surface area contributed by atoms with Crippen LogP contribution in [0.5, 0.6) is 11.6 Å². The van der Waals surface area contributed by atoms with E-state index in [-0.39, 0.29) is 6.10 Å². The van der Waals surface area contributed by atoms with Crippen LogP contribution in [0.15, 0.2) is 24.5 Å². The summed E-state index contributed by atoms with van der Waals surface area (Å²) >= 11 is 0. The summed E-state index contributed by atoms with van der Waals surface area (Å²) in [7, 11) is 1.64. The van der Waals surface area contributed by atoms with Crippen LogP contribution in [0.2, 0.25) is 0 Å². The number of nitrogens with zero attached hydrogens (tertiary/aromatic N) is 4. The fourth-order valence-corrected chi connectivity index (χ4v) is 3.44. The van der Waals surface area contributed by atoms with E-state index in [1.807, 2.05) is 19.1 Å². The number of pyridine rings is 1. The SMILES string of the molecule is COc1ccc([C@H]2C[C@@H]2COc2nc(C)ncc2N2CCC(O)C2)nc1. The summed E-state index contributed by atoms with van der Waals surface area (Å²) < 4.78 is 11.2. The maximum absolute atomic E-state index is 9.79. The van der Waals surface area contributed by atoms with Crippen LogP contribution in [0.4, 0.5) is 5.69 Å². The van der Waals surface area contributed by atoms with Crippen LogP contribution in [-0.2, 0) is 0 Å². The zero-order valence-corrected chi connectivity index (χ0v) is 15.1. The lowest BCUT2D eigenvalue weighted by molar-refractivity contribution is 0.198. The molecule has 0 spiro atoms. The predicted molar refractivity (Wildman–Crippen MR) is 96.7 cm³/mol. The van der Waals surface area contributed by atoms with Crippen LogP contribution in [0, 0.1) is 12.8 Å². The molecular weight excluding hydrogens is 332 g/mol. The first-order valence-electron chi connectivity index (χ1n) is 9.03. The lowest BCUT2D eigenvalue weighted by atomic mass is 10.2. The molecule has 0 aromatic carbocycles. The first-order chi connectivity index (χ1) is 12.6. The number of methoxy groups -OCH3 is 1. The zero-order valence-electron chi connectivity index (χ0n) is 15.1. The minimum atomic E-state index is -0.293. The molecule has 3 heterocycles. The molecule has 4 rings (SSSR count). The topological polar surface area (TPSA) is 80.6 Å². The average Bonchev–Trinajstić information content (AvgIpc) is 3.31. The Morgan fingerprint density at radius 3 is 2.85 bits per heavy atom. The van der Waals surface area contributed by atoms with E-state index in [2.05, 4.69) is 19.9 Å². The number of aliphatic hydroxyl groups is 1. The highest BCUT2D eigenvalue weighted by Crippen LogP contribution is 2.47. The number of anilines is 1. The number of rotatable bonds is 6. The summed E-state index contributed by atoms with van der Waals surface area (Å²) in [6.07, 6.45) is 5.10. The molecule has 26 heavy (non-hydrogen) atoms. The van der Waals surface area contributed by atoms with Gasteiger partial charge in [0.2, 0.25) is 5.88 Å². The van der Waals surface area contributed by atoms with Gasteiger partial charge in [-0.1, -0.05) is 0 Å². The molecule has 1 aliphatic carbocycles. The van der Waals surface area contributed by atoms with Crippen LogP contribution in [0.25, 0.3) is 0 Å². The molecule has 1 saturated carbocycles. The van der Waals surface area contributed by atoms with Crippen molar-refractivity contribution < 1.29 is 14.6 Å². The Morgan fingerprint density at radius 2 is 2.15 bits per heavy atom. The largest absolute Gasteiger partial charge is 0.495 e. The summed E-state index contributed by atoms with van der Waals surface area (Å²) in [4.78, 5) is 15.3. The summed E-state index contributed by atoms with van der Waals surface area (Å²) in [6.45, 7) is 3.87. The van der Waals surface area contributed by atoms with E-state index in [1.54, 1.807) is 19.5 Å². The first kappa shape index (κ1) is 17.0. The Morgan fingerprint density at radius 1 is 1.27 bits per heavy atom. The van der Waals surface area contributed by atoms with E-state index in [9.17, 15) is 5.11 Å². The summed E-state index contributed by atoms with van der Waals surface area (Å²) in [5, 5.41) is 9.79. The van der Waals surface area contributed by atoms with Crippen LogP contribution in [-0.4, -0.2) is 53.0 Å². The minimum Gasteiger partial charge on any atom is -0.495 e. The Labute approximate surface area is 153 Å². The number of β-amino-alcohol motifs (C(OH)–C–C–N with tert-alkyl or cyclic N) is 1. The average molecular weight is 356 g/mol. The van der Waals surface area contributed by atoms with Gasteiger partial charge in [0.25, 0.3) is 0 Å². The van der Waals surface area contributed by atoms with Gasteiger partial charge in [-0.15, -0.1) is 0 Å². The van der Waals surface area contributed by atoms with Crippen LogP contribution >= 0.6 is 0 Å². The second kappa shape index (κ2) is 7.07. The standard InChI is InChI=1S/C19H24N4O3/c1-12-20-9-18(23-6-5-14(24)10-23)19(22-12)26-11-13-7-16(13)17-4-3-15(25-2)8-21-17/h3-4,8-9,13-14,16,24H,5-7,10-11H2,1-2H3/t13-,14?,16+/m1/s1. The molecule has 0 radical (unpaired) electrons. The molecular formula is C19H24N4O3. The molecule has 2 aliphatic rings.